The van der Waals surface area contributed by atoms with Gasteiger partial charge in [-0.2, -0.15) is 0 Å². The van der Waals surface area contributed by atoms with Crippen molar-refractivity contribution in [3.05, 3.63) is 35.9 Å². The molecule has 0 bridgehead atoms. The Morgan fingerprint density at radius 3 is 2.60 bits per heavy atom. The quantitative estimate of drug-likeness (QED) is 0.409. The summed E-state index contributed by atoms with van der Waals surface area (Å²) in [7, 11) is 1.30. The zero-order valence-corrected chi connectivity index (χ0v) is 8.55. The van der Waals surface area contributed by atoms with E-state index in [0.717, 1.165) is 5.56 Å². The number of benzene rings is 1. The SMILES string of the molecule is COC(=O)C[15N](C=O)Cc1ccccc1. The van der Waals surface area contributed by atoms with Crippen LogP contribution in [0.5, 0.6) is 0 Å². The minimum absolute atomic E-state index is 0.0190. The highest BCUT2D eigenvalue weighted by molar-refractivity contribution is 5.73. The zero-order valence-electron chi connectivity index (χ0n) is 8.55. The summed E-state index contributed by atoms with van der Waals surface area (Å²) in [5.74, 6) is -0.418. The molecule has 0 aliphatic carbocycles. The van der Waals surface area contributed by atoms with Crippen molar-refractivity contribution in [1.29, 1.82) is 0 Å². The normalized spacial score (nSPS) is 9.40. The minimum Gasteiger partial charge on any atom is -0.468 e. The molecule has 0 N–H and O–H groups in total. The molecule has 0 aliphatic heterocycles. The lowest BCUT2D eigenvalue weighted by Gasteiger charge is -2.15. The van der Waals surface area contributed by atoms with Crippen LogP contribution in [-0.2, 0) is 20.9 Å². The highest BCUT2D eigenvalue weighted by atomic mass is 16.5. The van der Waals surface area contributed by atoms with E-state index in [1.807, 2.05) is 30.3 Å². The molecule has 0 saturated carbocycles. The van der Waals surface area contributed by atoms with Gasteiger partial charge in [0, 0.05) is 6.54 Å². The fraction of sp³-hybridized carbons (Fsp3) is 0.273. The summed E-state index contributed by atoms with van der Waals surface area (Å²) in [4.78, 5) is 23.0. The van der Waals surface area contributed by atoms with Crippen LogP contribution in [0.4, 0.5) is 0 Å². The Bertz CT molecular complexity index is 324. The predicted molar refractivity (Wildman–Crippen MR) is 54.9 cm³/mol. The fourth-order valence-corrected chi connectivity index (χ4v) is 1.18. The topological polar surface area (TPSA) is 46.6 Å². The van der Waals surface area contributed by atoms with Gasteiger partial charge >= 0.3 is 5.97 Å². The summed E-state index contributed by atoms with van der Waals surface area (Å²) < 4.78 is 4.48. The standard InChI is InChI=1S/C11H13NO3/c1-15-11(14)8-12(9-13)7-10-5-3-2-4-6-10/h2-6,9H,7-8H2,1H3/i12+1. The van der Waals surface area contributed by atoms with Gasteiger partial charge in [-0.15, -0.1) is 0 Å². The minimum atomic E-state index is -0.418. The summed E-state index contributed by atoms with van der Waals surface area (Å²) in [6, 6.07) is 9.46. The van der Waals surface area contributed by atoms with Crippen molar-refractivity contribution >= 4 is 12.4 Å². The molecule has 1 aromatic carbocycles. The van der Waals surface area contributed by atoms with Crippen LogP contribution in [-0.4, -0.2) is 30.9 Å². The van der Waals surface area contributed by atoms with E-state index in [9.17, 15) is 9.59 Å². The molecule has 15 heavy (non-hydrogen) atoms. The monoisotopic (exact) mass is 208 g/mol. The van der Waals surface area contributed by atoms with Crippen LogP contribution in [0.15, 0.2) is 30.3 Å². The molecule has 4 nitrogen and oxygen atoms in total. The molecule has 4 heteroatoms. The average molecular weight is 208 g/mol. The summed E-state index contributed by atoms with van der Waals surface area (Å²) in [6.07, 6.45) is 0.643. The van der Waals surface area contributed by atoms with Gasteiger partial charge in [0.15, 0.2) is 0 Å². The van der Waals surface area contributed by atoms with Crippen LogP contribution < -0.4 is 0 Å². The smallest absolute Gasteiger partial charge is 0.325 e. The van der Waals surface area contributed by atoms with E-state index in [1.54, 1.807) is 0 Å². The summed E-state index contributed by atoms with van der Waals surface area (Å²) >= 11 is 0. The second kappa shape index (κ2) is 5.80. The van der Waals surface area contributed by atoms with Crippen LogP contribution >= 0.6 is 0 Å². The number of carbonyl (C=O) groups excluding carboxylic acids is 2. The molecule has 1 amide bonds. The summed E-state index contributed by atoms with van der Waals surface area (Å²) in [6.45, 7) is 0.397. The molecule has 1 aromatic rings. The van der Waals surface area contributed by atoms with Gasteiger partial charge in [-0.25, -0.2) is 0 Å². The van der Waals surface area contributed by atoms with Gasteiger partial charge in [0.05, 0.1) is 7.11 Å². The second-order valence-corrected chi connectivity index (χ2v) is 3.07. The molecule has 0 unspecified atom stereocenters. The molecule has 0 fully saturated rings. The van der Waals surface area contributed by atoms with Crippen molar-refractivity contribution in [3.8, 4) is 0 Å². The highest BCUT2D eigenvalue weighted by Crippen LogP contribution is 2.02. The van der Waals surface area contributed by atoms with Gasteiger partial charge in [0.1, 0.15) is 6.54 Å². The Morgan fingerprint density at radius 2 is 2.07 bits per heavy atom. The van der Waals surface area contributed by atoms with Gasteiger partial charge in [-0.05, 0) is 5.56 Å². The van der Waals surface area contributed by atoms with E-state index in [-0.39, 0.29) is 6.54 Å². The van der Waals surface area contributed by atoms with Crippen molar-refractivity contribution in [2.45, 2.75) is 6.54 Å². The summed E-state index contributed by atoms with van der Waals surface area (Å²) in [5, 5.41) is 0. The van der Waals surface area contributed by atoms with Crippen molar-refractivity contribution < 1.29 is 14.3 Å². The lowest BCUT2D eigenvalue weighted by atomic mass is 10.2. The van der Waals surface area contributed by atoms with Gasteiger partial charge < -0.3 is 9.64 Å². The largest absolute Gasteiger partial charge is 0.468 e. The van der Waals surface area contributed by atoms with Crippen molar-refractivity contribution in [3.63, 3.8) is 0 Å². The maximum atomic E-state index is 10.9. The first-order chi connectivity index (χ1) is 7.26. The Kier molecular flexibility index (Phi) is 4.34. The Balaban J connectivity index is 2.54. The predicted octanol–water partition coefficient (Wildman–Crippen LogP) is 0.818. The number of hydrogen-bond acceptors (Lipinski definition) is 3. The first kappa shape index (κ1) is 11.2. The third-order valence-corrected chi connectivity index (χ3v) is 1.94. The number of carbonyl (C=O) groups is 2. The lowest BCUT2D eigenvalue weighted by molar-refractivity contribution is -0.144. The highest BCUT2D eigenvalue weighted by Gasteiger charge is 2.08. The van der Waals surface area contributed by atoms with Crippen molar-refractivity contribution in [2.24, 2.45) is 0 Å². The molecule has 0 saturated heterocycles. The average Bonchev–Trinajstić information content (AvgIpc) is 2.29. The number of nitrogens with zero attached hydrogens (tertiary/aromatic N) is 1. The first-order valence-corrected chi connectivity index (χ1v) is 4.56. The number of rotatable bonds is 5. The number of ether oxygens (including phenoxy) is 1. The Hall–Kier alpha value is -1.84. The molecule has 0 radical (unpaired) electrons. The van der Waals surface area contributed by atoms with E-state index in [2.05, 4.69) is 4.74 Å². The van der Waals surface area contributed by atoms with Crippen LogP contribution in [0.3, 0.4) is 0 Å². The van der Waals surface area contributed by atoms with E-state index >= 15 is 0 Å². The van der Waals surface area contributed by atoms with E-state index < -0.39 is 5.97 Å². The van der Waals surface area contributed by atoms with Crippen LogP contribution in [0.2, 0.25) is 0 Å². The van der Waals surface area contributed by atoms with Gasteiger partial charge in [-0.3, -0.25) is 9.59 Å². The molecule has 1 rings (SSSR count). The van der Waals surface area contributed by atoms with Crippen LogP contribution in [0.1, 0.15) is 5.56 Å². The molecular weight excluding hydrogens is 195 g/mol. The van der Waals surface area contributed by atoms with E-state index in [4.69, 9.17) is 0 Å². The molecule has 80 valence electrons. The number of esters is 1. The molecule has 0 heterocycles. The molecule has 0 spiro atoms. The molecular formula is C11H13NO3. The number of hydrogen-bond donors (Lipinski definition) is 0. The first-order valence-electron chi connectivity index (χ1n) is 4.56. The van der Waals surface area contributed by atoms with Gasteiger partial charge in [0.2, 0.25) is 6.41 Å². The van der Waals surface area contributed by atoms with Crippen LogP contribution in [0, 0.1) is 0 Å². The third-order valence-electron chi connectivity index (χ3n) is 1.94. The van der Waals surface area contributed by atoms with Crippen molar-refractivity contribution in [1.82, 2.24) is 4.90 Å². The molecule has 0 atom stereocenters. The summed E-state index contributed by atoms with van der Waals surface area (Å²) in [5.41, 5.74) is 0.980. The zero-order chi connectivity index (χ0) is 11.1. The van der Waals surface area contributed by atoms with Gasteiger partial charge in [0.25, 0.3) is 0 Å². The maximum Gasteiger partial charge on any atom is 0.325 e. The Morgan fingerprint density at radius 1 is 1.40 bits per heavy atom. The molecule has 0 aliphatic rings. The Labute approximate surface area is 88.5 Å². The van der Waals surface area contributed by atoms with Crippen molar-refractivity contribution in [2.75, 3.05) is 13.7 Å². The second-order valence-electron chi connectivity index (χ2n) is 3.07. The molecule has 0 aromatic heterocycles. The van der Waals surface area contributed by atoms with Crippen LogP contribution in [0.25, 0.3) is 0 Å². The third kappa shape index (κ3) is 3.81. The number of methoxy groups -OCH3 is 1. The van der Waals surface area contributed by atoms with Gasteiger partial charge in [-0.1, -0.05) is 30.3 Å². The fourth-order valence-electron chi connectivity index (χ4n) is 1.18. The maximum absolute atomic E-state index is 10.9. The van der Waals surface area contributed by atoms with E-state index in [1.165, 1.54) is 12.0 Å². The van der Waals surface area contributed by atoms with E-state index in [0.29, 0.717) is 13.0 Å². The number of amides is 1. The lowest BCUT2D eigenvalue weighted by Crippen LogP contribution is -2.28.